The summed E-state index contributed by atoms with van der Waals surface area (Å²) in [4.78, 5) is 20.3. The van der Waals surface area contributed by atoms with Gasteiger partial charge in [0.2, 0.25) is 0 Å². The quantitative estimate of drug-likeness (QED) is 0.730. The summed E-state index contributed by atoms with van der Waals surface area (Å²) < 4.78 is 1.96. The van der Waals surface area contributed by atoms with E-state index in [1.54, 1.807) is 17.5 Å². The van der Waals surface area contributed by atoms with Gasteiger partial charge in [0.1, 0.15) is 10.7 Å². The van der Waals surface area contributed by atoms with Gasteiger partial charge in [-0.1, -0.05) is 6.07 Å². The molecule has 1 aliphatic rings. The lowest BCUT2D eigenvalue weighted by Crippen LogP contribution is -2.41. The lowest BCUT2D eigenvalue weighted by molar-refractivity contribution is 0.0668. The molecular formula is C16H16N4OS2. The summed E-state index contributed by atoms with van der Waals surface area (Å²) in [6.45, 7) is 1.49. The maximum absolute atomic E-state index is 12.7. The van der Waals surface area contributed by atoms with Crippen molar-refractivity contribution in [1.29, 1.82) is 0 Å². The van der Waals surface area contributed by atoms with Gasteiger partial charge < -0.3 is 4.90 Å². The van der Waals surface area contributed by atoms with Crippen LogP contribution in [0.4, 0.5) is 0 Å². The fourth-order valence-corrected chi connectivity index (χ4v) is 4.51. The molecule has 0 aromatic carbocycles. The van der Waals surface area contributed by atoms with Gasteiger partial charge in [-0.2, -0.15) is 5.10 Å². The molecule has 0 spiro atoms. The van der Waals surface area contributed by atoms with Crippen LogP contribution in [-0.2, 0) is 0 Å². The van der Waals surface area contributed by atoms with Gasteiger partial charge in [-0.25, -0.2) is 4.98 Å². The SMILES string of the molecule is O=C(c1csc(-c2cccs2)n1)N1CCCC(n2cccn2)C1. The highest BCUT2D eigenvalue weighted by atomic mass is 32.1. The standard InChI is InChI=1S/C16H16N4OS2/c21-16(13-11-23-15(18-13)14-5-2-9-22-14)19-7-1-4-12(10-19)20-8-3-6-17-20/h2-3,5-6,8-9,11-12H,1,4,7,10H2. The first kappa shape index (κ1) is 14.6. The summed E-state index contributed by atoms with van der Waals surface area (Å²) in [7, 11) is 0. The maximum atomic E-state index is 12.7. The number of hydrogen-bond donors (Lipinski definition) is 0. The lowest BCUT2D eigenvalue weighted by Gasteiger charge is -2.32. The highest BCUT2D eigenvalue weighted by Crippen LogP contribution is 2.29. The largest absolute Gasteiger partial charge is 0.335 e. The zero-order valence-corrected chi connectivity index (χ0v) is 14.1. The van der Waals surface area contributed by atoms with Crippen molar-refractivity contribution in [3.05, 3.63) is 47.0 Å². The Morgan fingerprint density at radius 1 is 1.30 bits per heavy atom. The predicted octanol–water partition coefficient (Wildman–Crippen LogP) is 3.55. The van der Waals surface area contributed by atoms with Crippen molar-refractivity contribution in [2.45, 2.75) is 18.9 Å². The van der Waals surface area contributed by atoms with E-state index in [-0.39, 0.29) is 11.9 Å². The van der Waals surface area contributed by atoms with Crippen LogP contribution >= 0.6 is 22.7 Å². The number of likely N-dealkylation sites (tertiary alicyclic amines) is 1. The van der Waals surface area contributed by atoms with Gasteiger partial charge in [-0.3, -0.25) is 9.48 Å². The van der Waals surface area contributed by atoms with Gasteiger partial charge in [0.25, 0.3) is 5.91 Å². The first-order chi connectivity index (χ1) is 11.3. The van der Waals surface area contributed by atoms with Crippen molar-refractivity contribution < 1.29 is 4.79 Å². The second-order valence-electron chi connectivity index (χ2n) is 5.55. The maximum Gasteiger partial charge on any atom is 0.273 e. The smallest absolute Gasteiger partial charge is 0.273 e. The van der Waals surface area contributed by atoms with E-state index in [1.807, 2.05) is 44.7 Å². The van der Waals surface area contributed by atoms with Gasteiger partial charge in [0, 0.05) is 30.9 Å². The Morgan fingerprint density at radius 2 is 2.26 bits per heavy atom. The molecule has 0 bridgehead atoms. The summed E-state index contributed by atoms with van der Waals surface area (Å²) in [5.74, 6) is 0.0286. The molecule has 1 fully saturated rings. The Labute approximate surface area is 142 Å². The molecule has 1 unspecified atom stereocenters. The highest BCUT2D eigenvalue weighted by Gasteiger charge is 2.27. The summed E-state index contributed by atoms with van der Waals surface area (Å²) in [5.41, 5.74) is 0.555. The van der Waals surface area contributed by atoms with E-state index in [4.69, 9.17) is 0 Å². The predicted molar refractivity (Wildman–Crippen MR) is 91.8 cm³/mol. The molecule has 0 radical (unpaired) electrons. The third kappa shape index (κ3) is 2.94. The van der Waals surface area contributed by atoms with E-state index in [0.717, 1.165) is 29.3 Å². The van der Waals surface area contributed by atoms with Crippen LogP contribution in [0.15, 0.2) is 41.4 Å². The van der Waals surface area contributed by atoms with Crippen molar-refractivity contribution in [3.8, 4) is 9.88 Å². The molecule has 23 heavy (non-hydrogen) atoms. The molecule has 0 aliphatic carbocycles. The number of thiophene rings is 1. The minimum absolute atomic E-state index is 0.0286. The fraction of sp³-hybridized carbons (Fsp3) is 0.312. The zero-order valence-electron chi connectivity index (χ0n) is 12.5. The van der Waals surface area contributed by atoms with Crippen LogP contribution in [0.25, 0.3) is 9.88 Å². The number of thiazole rings is 1. The summed E-state index contributed by atoms with van der Waals surface area (Å²) >= 11 is 3.18. The first-order valence-electron chi connectivity index (χ1n) is 7.59. The third-order valence-corrected chi connectivity index (χ3v) is 5.92. The molecule has 4 rings (SSSR count). The van der Waals surface area contributed by atoms with E-state index in [0.29, 0.717) is 12.2 Å². The van der Waals surface area contributed by atoms with Crippen LogP contribution in [-0.4, -0.2) is 38.7 Å². The van der Waals surface area contributed by atoms with Gasteiger partial charge >= 0.3 is 0 Å². The zero-order chi connectivity index (χ0) is 15.6. The van der Waals surface area contributed by atoms with E-state index in [2.05, 4.69) is 10.1 Å². The van der Waals surface area contributed by atoms with Crippen LogP contribution < -0.4 is 0 Å². The van der Waals surface area contributed by atoms with Gasteiger partial charge in [0.05, 0.1) is 10.9 Å². The summed E-state index contributed by atoms with van der Waals surface area (Å²) in [5, 5.41) is 9.13. The number of hydrogen-bond acceptors (Lipinski definition) is 5. The topological polar surface area (TPSA) is 51.0 Å². The van der Waals surface area contributed by atoms with Crippen LogP contribution in [0, 0.1) is 0 Å². The second kappa shape index (κ2) is 6.25. The Kier molecular flexibility index (Phi) is 3.97. The van der Waals surface area contributed by atoms with Crippen LogP contribution in [0.2, 0.25) is 0 Å². The Morgan fingerprint density at radius 3 is 3.04 bits per heavy atom. The molecule has 4 heterocycles. The lowest BCUT2D eigenvalue weighted by atomic mass is 10.1. The van der Waals surface area contributed by atoms with Crippen molar-refractivity contribution >= 4 is 28.6 Å². The molecule has 1 aliphatic heterocycles. The van der Waals surface area contributed by atoms with E-state index in [1.165, 1.54) is 11.3 Å². The Hall–Kier alpha value is -1.99. The minimum atomic E-state index is 0.0286. The summed E-state index contributed by atoms with van der Waals surface area (Å²) in [6.07, 6.45) is 5.81. The first-order valence-corrected chi connectivity index (χ1v) is 9.35. The molecule has 0 saturated carbocycles. The van der Waals surface area contributed by atoms with Crippen molar-refractivity contribution in [1.82, 2.24) is 19.7 Å². The Bertz CT molecular complexity index is 779. The number of carbonyl (C=O) groups is 1. The molecule has 118 valence electrons. The molecule has 0 N–H and O–H groups in total. The van der Waals surface area contributed by atoms with E-state index < -0.39 is 0 Å². The fourth-order valence-electron chi connectivity index (χ4n) is 2.90. The third-order valence-electron chi connectivity index (χ3n) is 4.04. The van der Waals surface area contributed by atoms with Crippen molar-refractivity contribution in [2.24, 2.45) is 0 Å². The molecule has 1 atom stereocenters. The summed E-state index contributed by atoms with van der Waals surface area (Å²) in [6, 6.07) is 6.22. The number of piperidine rings is 1. The average Bonchev–Trinajstić information content (AvgIpc) is 3.36. The van der Waals surface area contributed by atoms with Crippen LogP contribution in [0.5, 0.6) is 0 Å². The molecular weight excluding hydrogens is 328 g/mol. The molecule has 5 nitrogen and oxygen atoms in total. The van der Waals surface area contributed by atoms with Crippen molar-refractivity contribution in [2.75, 3.05) is 13.1 Å². The van der Waals surface area contributed by atoms with Crippen LogP contribution in [0.1, 0.15) is 29.4 Å². The van der Waals surface area contributed by atoms with Gasteiger partial charge in [-0.05, 0) is 30.4 Å². The second-order valence-corrected chi connectivity index (χ2v) is 7.35. The number of carbonyl (C=O) groups excluding carboxylic acids is 1. The monoisotopic (exact) mass is 344 g/mol. The van der Waals surface area contributed by atoms with Crippen LogP contribution in [0.3, 0.4) is 0 Å². The number of rotatable bonds is 3. The molecule has 7 heteroatoms. The van der Waals surface area contributed by atoms with E-state index in [9.17, 15) is 4.79 Å². The molecule has 3 aromatic rings. The van der Waals surface area contributed by atoms with E-state index >= 15 is 0 Å². The molecule has 1 amide bonds. The Balaban J connectivity index is 1.50. The molecule has 1 saturated heterocycles. The molecule has 3 aromatic heterocycles. The normalized spacial score (nSPS) is 18.3. The number of amides is 1. The minimum Gasteiger partial charge on any atom is -0.335 e. The average molecular weight is 344 g/mol. The van der Waals surface area contributed by atoms with Gasteiger partial charge in [-0.15, -0.1) is 22.7 Å². The number of aromatic nitrogens is 3. The van der Waals surface area contributed by atoms with Crippen molar-refractivity contribution in [3.63, 3.8) is 0 Å². The highest BCUT2D eigenvalue weighted by molar-refractivity contribution is 7.20. The van der Waals surface area contributed by atoms with Gasteiger partial charge in [0.15, 0.2) is 0 Å². The number of nitrogens with zero attached hydrogens (tertiary/aromatic N) is 4.